The maximum Gasteiger partial charge on any atom is 0.416 e. The molecule has 0 unspecified atom stereocenters. The lowest BCUT2D eigenvalue weighted by Crippen LogP contribution is -2.23. The van der Waals surface area contributed by atoms with Crippen molar-refractivity contribution in [3.63, 3.8) is 0 Å². The third-order valence-corrected chi connectivity index (χ3v) is 3.48. The number of alkyl halides is 3. The fourth-order valence-electron chi connectivity index (χ4n) is 2.29. The van der Waals surface area contributed by atoms with Gasteiger partial charge in [-0.25, -0.2) is 4.90 Å². The van der Waals surface area contributed by atoms with Crippen molar-refractivity contribution in [2.75, 3.05) is 0 Å². The van der Waals surface area contributed by atoms with Crippen molar-refractivity contribution in [3.05, 3.63) is 77.0 Å². The molecule has 1 aliphatic heterocycles. The zero-order valence-corrected chi connectivity index (χ0v) is 11.7. The van der Waals surface area contributed by atoms with E-state index in [1.807, 2.05) is 0 Å². The minimum atomic E-state index is -4.40. The summed E-state index contributed by atoms with van der Waals surface area (Å²) in [5.74, 6) is -0.900. The second-order valence-electron chi connectivity index (χ2n) is 4.96. The Labute approximate surface area is 129 Å². The molecule has 3 rings (SSSR count). The molecule has 1 heterocycles. The number of carbonyl (C=O) groups is 2. The number of benzene rings is 2. The molecule has 0 radical (unpaired) electrons. The van der Waals surface area contributed by atoms with Crippen molar-refractivity contribution in [2.45, 2.75) is 6.18 Å². The number of carbonyl (C=O) groups excluding carboxylic acids is 2. The van der Waals surface area contributed by atoms with Gasteiger partial charge in [0, 0.05) is 6.20 Å². The molecule has 0 aliphatic carbocycles. The number of nitrogens with zero attached hydrogens (tertiary/aromatic N) is 1. The van der Waals surface area contributed by atoms with Gasteiger partial charge in [-0.3, -0.25) is 9.59 Å². The van der Waals surface area contributed by atoms with Gasteiger partial charge in [0.25, 0.3) is 11.8 Å². The summed E-state index contributed by atoms with van der Waals surface area (Å²) in [6.07, 6.45) is -1.71. The molecule has 1 aliphatic rings. The average Bonchev–Trinajstić information content (AvgIpc) is 2.77. The molecule has 116 valence electrons. The van der Waals surface area contributed by atoms with Gasteiger partial charge in [-0.1, -0.05) is 24.3 Å². The summed E-state index contributed by atoms with van der Waals surface area (Å²) in [5, 5.41) is 0. The molecule has 3 nitrogen and oxygen atoms in total. The Bertz CT molecular complexity index is 772. The first-order valence-corrected chi connectivity index (χ1v) is 6.70. The average molecular weight is 317 g/mol. The van der Waals surface area contributed by atoms with Crippen LogP contribution in [0.1, 0.15) is 31.8 Å². The van der Waals surface area contributed by atoms with Gasteiger partial charge in [0.1, 0.15) is 0 Å². The number of halogens is 3. The summed E-state index contributed by atoms with van der Waals surface area (Å²) in [7, 11) is 0. The summed E-state index contributed by atoms with van der Waals surface area (Å²) >= 11 is 0. The van der Waals surface area contributed by atoms with E-state index in [1.165, 1.54) is 24.4 Å². The van der Waals surface area contributed by atoms with Crippen LogP contribution >= 0.6 is 0 Å². The maximum atomic E-state index is 12.5. The van der Waals surface area contributed by atoms with E-state index in [4.69, 9.17) is 0 Å². The van der Waals surface area contributed by atoms with Crippen LogP contribution in [-0.2, 0) is 6.18 Å². The Morgan fingerprint density at radius 3 is 1.83 bits per heavy atom. The fourth-order valence-corrected chi connectivity index (χ4v) is 2.29. The van der Waals surface area contributed by atoms with E-state index in [0.29, 0.717) is 16.7 Å². The molecule has 2 amide bonds. The zero-order chi connectivity index (χ0) is 16.6. The minimum absolute atomic E-state index is 0.314. The molecule has 0 bridgehead atoms. The summed E-state index contributed by atoms with van der Waals surface area (Å²) < 4.78 is 37.5. The highest BCUT2D eigenvalue weighted by Crippen LogP contribution is 2.29. The SMILES string of the molecule is O=C1c2ccccc2C(=O)N1C=Cc1ccc(C(F)(F)F)cc1. The van der Waals surface area contributed by atoms with Gasteiger partial charge in [-0.15, -0.1) is 0 Å². The Kier molecular flexibility index (Phi) is 3.52. The van der Waals surface area contributed by atoms with Gasteiger partial charge in [0.2, 0.25) is 0 Å². The molecule has 0 atom stereocenters. The van der Waals surface area contributed by atoms with Gasteiger partial charge in [0.15, 0.2) is 0 Å². The van der Waals surface area contributed by atoms with Gasteiger partial charge in [-0.05, 0) is 35.9 Å². The van der Waals surface area contributed by atoms with Crippen molar-refractivity contribution in [3.8, 4) is 0 Å². The van der Waals surface area contributed by atoms with Crippen molar-refractivity contribution >= 4 is 17.9 Å². The molecular weight excluding hydrogens is 307 g/mol. The van der Waals surface area contributed by atoms with Gasteiger partial charge in [0.05, 0.1) is 16.7 Å². The molecule has 0 saturated carbocycles. The van der Waals surface area contributed by atoms with E-state index in [-0.39, 0.29) is 0 Å². The molecule has 6 heteroatoms. The quantitative estimate of drug-likeness (QED) is 0.786. The van der Waals surface area contributed by atoms with Crippen LogP contribution in [0.3, 0.4) is 0 Å². The van der Waals surface area contributed by atoms with Gasteiger partial charge in [-0.2, -0.15) is 13.2 Å². The van der Waals surface area contributed by atoms with E-state index in [0.717, 1.165) is 17.0 Å². The van der Waals surface area contributed by atoms with E-state index in [2.05, 4.69) is 0 Å². The molecule has 0 spiro atoms. The van der Waals surface area contributed by atoms with Crippen molar-refractivity contribution in [1.82, 2.24) is 4.90 Å². The van der Waals surface area contributed by atoms with Gasteiger partial charge >= 0.3 is 6.18 Å². The summed E-state index contributed by atoms with van der Waals surface area (Å²) in [4.78, 5) is 25.2. The molecule has 0 N–H and O–H groups in total. The van der Waals surface area contributed by atoms with Crippen LogP contribution in [0.2, 0.25) is 0 Å². The highest BCUT2D eigenvalue weighted by Gasteiger charge is 2.33. The van der Waals surface area contributed by atoms with E-state index >= 15 is 0 Å². The van der Waals surface area contributed by atoms with Crippen LogP contribution < -0.4 is 0 Å². The third kappa shape index (κ3) is 2.75. The smallest absolute Gasteiger partial charge is 0.268 e. The lowest BCUT2D eigenvalue weighted by atomic mass is 10.1. The summed E-state index contributed by atoms with van der Waals surface area (Å²) in [6, 6.07) is 10.9. The first kappa shape index (κ1) is 15.0. The maximum absolute atomic E-state index is 12.5. The Morgan fingerprint density at radius 1 is 0.826 bits per heavy atom. The van der Waals surface area contributed by atoms with Crippen molar-refractivity contribution < 1.29 is 22.8 Å². The zero-order valence-electron chi connectivity index (χ0n) is 11.7. The standard InChI is InChI=1S/C17H10F3NO2/c18-17(19,20)12-7-5-11(6-8-12)9-10-21-15(22)13-3-1-2-4-14(13)16(21)23/h1-10H. The Balaban J connectivity index is 1.82. The number of rotatable bonds is 2. The van der Waals surface area contributed by atoms with Crippen molar-refractivity contribution in [2.24, 2.45) is 0 Å². The van der Waals surface area contributed by atoms with Crippen LogP contribution in [0, 0.1) is 0 Å². The van der Waals surface area contributed by atoms with Crippen molar-refractivity contribution in [1.29, 1.82) is 0 Å². The van der Waals surface area contributed by atoms with Gasteiger partial charge < -0.3 is 0 Å². The largest absolute Gasteiger partial charge is 0.416 e. The number of hydrogen-bond acceptors (Lipinski definition) is 2. The predicted molar refractivity (Wildman–Crippen MR) is 77.4 cm³/mol. The van der Waals surface area contributed by atoms with E-state index in [9.17, 15) is 22.8 Å². The highest BCUT2D eigenvalue weighted by atomic mass is 19.4. The van der Waals surface area contributed by atoms with Crippen LogP contribution in [0.5, 0.6) is 0 Å². The molecule has 2 aromatic carbocycles. The third-order valence-electron chi connectivity index (χ3n) is 3.48. The molecule has 23 heavy (non-hydrogen) atoms. The second-order valence-corrected chi connectivity index (χ2v) is 4.96. The lowest BCUT2D eigenvalue weighted by Gasteiger charge is -2.08. The molecule has 0 fully saturated rings. The highest BCUT2D eigenvalue weighted by molar-refractivity contribution is 6.22. The topological polar surface area (TPSA) is 37.4 Å². The number of fused-ring (bicyclic) bond motifs is 1. The van der Waals surface area contributed by atoms with E-state index in [1.54, 1.807) is 24.3 Å². The van der Waals surface area contributed by atoms with Crippen LogP contribution in [0.4, 0.5) is 13.2 Å². The van der Waals surface area contributed by atoms with Crippen LogP contribution in [-0.4, -0.2) is 16.7 Å². The monoisotopic (exact) mass is 317 g/mol. The molecule has 2 aromatic rings. The lowest BCUT2D eigenvalue weighted by molar-refractivity contribution is -0.137. The summed E-state index contributed by atoms with van der Waals surface area (Å²) in [5.41, 5.74) is 0.328. The first-order valence-electron chi connectivity index (χ1n) is 6.70. The fraction of sp³-hybridized carbons (Fsp3) is 0.0588. The molecule has 0 aromatic heterocycles. The van der Waals surface area contributed by atoms with Crippen LogP contribution in [0.25, 0.3) is 6.08 Å². The normalized spacial score (nSPS) is 14.7. The number of amides is 2. The Morgan fingerprint density at radius 2 is 1.35 bits per heavy atom. The van der Waals surface area contributed by atoms with E-state index < -0.39 is 23.6 Å². The predicted octanol–water partition coefficient (Wildman–Crippen LogP) is 3.97. The number of imide groups is 1. The minimum Gasteiger partial charge on any atom is -0.268 e. The first-order chi connectivity index (χ1) is 10.9. The summed E-state index contributed by atoms with van der Waals surface area (Å²) in [6.45, 7) is 0. The Hall–Kier alpha value is -2.89. The molecular formula is C17H10F3NO2. The second kappa shape index (κ2) is 5.39. The number of hydrogen-bond donors (Lipinski definition) is 0. The van der Waals surface area contributed by atoms with Crippen LogP contribution in [0.15, 0.2) is 54.7 Å². The molecule has 0 saturated heterocycles.